The van der Waals surface area contributed by atoms with Crippen LogP contribution in [-0.2, 0) is 4.79 Å². The number of carbonyl (C=O) groups is 1. The number of benzene rings is 2. The zero-order valence-corrected chi connectivity index (χ0v) is 17.0. The predicted octanol–water partition coefficient (Wildman–Crippen LogP) is 3.35. The molecule has 1 aliphatic heterocycles. The lowest BCUT2D eigenvalue weighted by Crippen LogP contribution is -2.47. The van der Waals surface area contributed by atoms with Gasteiger partial charge in [-0.1, -0.05) is 62.4 Å². The first-order chi connectivity index (χ1) is 13.5. The smallest absolute Gasteiger partial charge is 0.234 e. The summed E-state index contributed by atoms with van der Waals surface area (Å²) < 4.78 is 0. The summed E-state index contributed by atoms with van der Waals surface area (Å²) in [5.74, 6) is 0.348. The van der Waals surface area contributed by atoms with Gasteiger partial charge in [-0.05, 0) is 34.6 Å². The number of hydrogen-bond acceptors (Lipinski definition) is 3. The van der Waals surface area contributed by atoms with E-state index in [2.05, 4.69) is 43.0 Å². The third-order valence-corrected chi connectivity index (χ3v) is 6.35. The first-order valence-electron chi connectivity index (χ1n) is 10.3. The van der Waals surface area contributed by atoms with Gasteiger partial charge in [0.15, 0.2) is 0 Å². The van der Waals surface area contributed by atoms with Crippen LogP contribution >= 0.6 is 0 Å². The van der Waals surface area contributed by atoms with Crippen LogP contribution in [0.3, 0.4) is 0 Å². The van der Waals surface area contributed by atoms with Crippen molar-refractivity contribution in [1.29, 1.82) is 0 Å². The van der Waals surface area contributed by atoms with Crippen LogP contribution in [0.25, 0.3) is 11.1 Å². The Morgan fingerprint density at radius 3 is 2.18 bits per heavy atom. The molecule has 1 N–H and O–H groups in total. The Morgan fingerprint density at radius 2 is 1.68 bits per heavy atom. The molecule has 4 rings (SSSR count). The molecule has 0 spiro atoms. The fourth-order valence-corrected chi connectivity index (χ4v) is 4.83. The molecule has 0 aromatic heterocycles. The average Bonchev–Trinajstić information content (AvgIpc) is 3.26. The van der Waals surface area contributed by atoms with Crippen LogP contribution in [0, 0.1) is 5.92 Å². The number of nitrogens with zero attached hydrogens (tertiary/aromatic N) is 2. The van der Waals surface area contributed by atoms with Crippen LogP contribution in [0.2, 0.25) is 0 Å². The van der Waals surface area contributed by atoms with E-state index in [4.69, 9.17) is 0 Å². The van der Waals surface area contributed by atoms with Crippen molar-refractivity contribution in [3.8, 4) is 11.1 Å². The Hall–Kier alpha value is -2.17. The van der Waals surface area contributed by atoms with Gasteiger partial charge in [0.25, 0.3) is 0 Å². The number of hydrogen-bond donors (Lipinski definition) is 1. The first kappa shape index (κ1) is 19.2. The van der Waals surface area contributed by atoms with Crippen LogP contribution in [0.1, 0.15) is 37.3 Å². The van der Waals surface area contributed by atoms with Crippen LogP contribution in [0.15, 0.2) is 48.5 Å². The van der Waals surface area contributed by atoms with Crippen molar-refractivity contribution >= 4 is 5.91 Å². The standard InChI is InChI=1S/C24H30N2O2/c1-16(2)22(26-13-12-17(27)14-26)15-25(3)24(28)23-20-10-6-4-8-18(20)19-9-5-7-11-21(19)23/h4-11,16-17,22-23,27H,12-15H2,1-3H3/t17-,22?/m0/s1. The lowest BCUT2D eigenvalue weighted by molar-refractivity contribution is -0.131. The van der Waals surface area contributed by atoms with Crippen molar-refractivity contribution in [1.82, 2.24) is 9.80 Å². The molecule has 0 bridgehead atoms. The van der Waals surface area contributed by atoms with Gasteiger partial charge in [0.2, 0.25) is 5.91 Å². The van der Waals surface area contributed by atoms with Gasteiger partial charge >= 0.3 is 0 Å². The lowest BCUT2D eigenvalue weighted by Gasteiger charge is -2.35. The van der Waals surface area contributed by atoms with E-state index in [1.165, 1.54) is 11.1 Å². The van der Waals surface area contributed by atoms with E-state index >= 15 is 0 Å². The highest BCUT2D eigenvalue weighted by Gasteiger charge is 2.37. The lowest BCUT2D eigenvalue weighted by atomic mass is 9.94. The highest BCUT2D eigenvalue weighted by molar-refractivity contribution is 5.96. The van der Waals surface area contributed by atoms with Crippen LogP contribution in [-0.4, -0.2) is 59.6 Å². The van der Waals surface area contributed by atoms with E-state index in [1.807, 2.05) is 36.2 Å². The van der Waals surface area contributed by atoms with Gasteiger partial charge in [-0.3, -0.25) is 9.69 Å². The van der Waals surface area contributed by atoms with Crippen LogP contribution < -0.4 is 0 Å². The number of β-amino-alcohol motifs (C(OH)–C–C–N with tert-alkyl or cyclic N) is 1. The molecule has 0 saturated carbocycles. The second kappa shape index (κ2) is 7.69. The number of likely N-dealkylation sites (tertiary alicyclic amines) is 1. The molecule has 2 aromatic carbocycles. The maximum atomic E-state index is 13.6. The molecule has 1 aliphatic carbocycles. The monoisotopic (exact) mass is 378 g/mol. The molecular formula is C24H30N2O2. The summed E-state index contributed by atoms with van der Waals surface area (Å²) in [6, 6.07) is 16.8. The van der Waals surface area contributed by atoms with E-state index < -0.39 is 0 Å². The SMILES string of the molecule is CC(C)C(CN(C)C(=O)C1c2ccccc2-c2ccccc21)N1CC[C@H](O)C1. The topological polar surface area (TPSA) is 43.8 Å². The van der Waals surface area contributed by atoms with Gasteiger partial charge in [-0.2, -0.15) is 0 Å². The van der Waals surface area contributed by atoms with Gasteiger partial charge in [-0.25, -0.2) is 0 Å². The maximum absolute atomic E-state index is 13.6. The molecule has 148 valence electrons. The summed E-state index contributed by atoms with van der Waals surface area (Å²) in [7, 11) is 1.92. The fraction of sp³-hybridized carbons (Fsp3) is 0.458. The molecule has 0 radical (unpaired) electrons. The third kappa shape index (κ3) is 3.36. The van der Waals surface area contributed by atoms with E-state index in [0.717, 1.165) is 24.1 Å². The van der Waals surface area contributed by atoms with Gasteiger partial charge in [0.1, 0.15) is 0 Å². The first-order valence-corrected chi connectivity index (χ1v) is 10.3. The quantitative estimate of drug-likeness (QED) is 0.868. The van der Waals surface area contributed by atoms with Gasteiger partial charge in [0, 0.05) is 32.7 Å². The van der Waals surface area contributed by atoms with Gasteiger partial charge in [-0.15, -0.1) is 0 Å². The molecule has 2 aromatic rings. The zero-order chi connectivity index (χ0) is 19.8. The molecule has 1 heterocycles. The van der Waals surface area contributed by atoms with Gasteiger partial charge < -0.3 is 10.0 Å². The molecular weight excluding hydrogens is 348 g/mol. The van der Waals surface area contributed by atoms with E-state index in [0.29, 0.717) is 19.0 Å². The highest BCUT2D eigenvalue weighted by Crippen LogP contribution is 2.45. The van der Waals surface area contributed by atoms with Crippen LogP contribution in [0.5, 0.6) is 0 Å². The third-order valence-electron chi connectivity index (χ3n) is 6.35. The van der Waals surface area contributed by atoms with Crippen molar-refractivity contribution in [2.24, 2.45) is 5.92 Å². The number of rotatable bonds is 5. The predicted molar refractivity (Wildman–Crippen MR) is 112 cm³/mol. The Kier molecular flexibility index (Phi) is 5.26. The van der Waals surface area contributed by atoms with Crippen molar-refractivity contribution in [2.45, 2.75) is 38.3 Å². The largest absolute Gasteiger partial charge is 0.392 e. The highest BCUT2D eigenvalue weighted by atomic mass is 16.3. The van der Waals surface area contributed by atoms with Crippen LogP contribution in [0.4, 0.5) is 0 Å². The van der Waals surface area contributed by atoms with E-state index in [1.54, 1.807) is 0 Å². The Balaban J connectivity index is 1.58. The number of likely N-dealkylation sites (N-methyl/N-ethyl adjacent to an activating group) is 1. The summed E-state index contributed by atoms with van der Waals surface area (Å²) in [5, 5.41) is 9.94. The minimum absolute atomic E-state index is 0.155. The van der Waals surface area contributed by atoms with E-state index in [9.17, 15) is 9.90 Å². The van der Waals surface area contributed by atoms with Gasteiger partial charge in [0.05, 0.1) is 12.0 Å². The normalized spacial score (nSPS) is 20.2. The summed E-state index contributed by atoms with van der Waals surface area (Å²) in [6.07, 6.45) is 0.584. The molecule has 2 aliphatic rings. The Labute approximate surface area is 167 Å². The van der Waals surface area contributed by atoms with Crippen molar-refractivity contribution in [3.63, 3.8) is 0 Å². The summed E-state index contributed by atoms with van der Waals surface area (Å²) in [6.45, 7) is 6.70. The minimum atomic E-state index is -0.240. The summed E-state index contributed by atoms with van der Waals surface area (Å²) >= 11 is 0. The number of fused-ring (bicyclic) bond motifs is 3. The number of amides is 1. The molecule has 4 nitrogen and oxygen atoms in total. The number of aliphatic hydroxyl groups excluding tert-OH is 1. The maximum Gasteiger partial charge on any atom is 0.234 e. The minimum Gasteiger partial charge on any atom is -0.392 e. The van der Waals surface area contributed by atoms with E-state index in [-0.39, 0.29) is 24.0 Å². The fourth-order valence-electron chi connectivity index (χ4n) is 4.83. The molecule has 2 atom stereocenters. The van der Waals surface area contributed by atoms with Crippen molar-refractivity contribution in [3.05, 3.63) is 59.7 Å². The molecule has 28 heavy (non-hydrogen) atoms. The number of aliphatic hydroxyl groups is 1. The molecule has 1 saturated heterocycles. The molecule has 1 fully saturated rings. The zero-order valence-electron chi connectivity index (χ0n) is 17.0. The summed E-state index contributed by atoms with van der Waals surface area (Å²) in [4.78, 5) is 17.8. The number of carbonyl (C=O) groups excluding carboxylic acids is 1. The second-order valence-corrected chi connectivity index (χ2v) is 8.58. The van der Waals surface area contributed by atoms with Crippen molar-refractivity contribution in [2.75, 3.05) is 26.7 Å². The average molecular weight is 379 g/mol. The molecule has 1 unspecified atom stereocenters. The summed E-state index contributed by atoms with van der Waals surface area (Å²) in [5.41, 5.74) is 4.57. The molecule has 4 heteroatoms. The Morgan fingerprint density at radius 1 is 1.11 bits per heavy atom. The second-order valence-electron chi connectivity index (χ2n) is 8.58. The van der Waals surface area contributed by atoms with Crippen molar-refractivity contribution < 1.29 is 9.90 Å². The Bertz CT molecular complexity index is 818. The molecule has 1 amide bonds.